The number of fused-ring (bicyclic) bond motifs is 1. The Morgan fingerprint density at radius 2 is 2.23 bits per heavy atom. The number of carboxylic acids is 1. The van der Waals surface area contributed by atoms with E-state index in [0.717, 1.165) is 52.1 Å². The van der Waals surface area contributed by atoms with Gasteiger partial charge in [0, 0.05) is 22.3 Å². The quantitative estimate of drug-likeness (QED) is 0.735. The highest BCUT2D eigenvalue weighted by atomic mass is 35.5. The van der Waals surface area contributed by atoms with Gasteiger partial charge in [0.05, 0.1) is 16.7 Å². The van der Waals surface area contributed by atoms with E-state index in [2.05, 4.69) is 26.9 Å². The van der Waals surface area contributed by atoms with E-state index in [1.807, 2.05) is 24.2 Å². The minimum absolute atomic E-state index is 0.173. The average molecular weight is 444 g/mol. The number of hydrazone groups is 1. The first-order valence-electron chi connectivity index (χ1n) is 10.0. The van der Waals surface area contributed by atoms with Crippen molar-refractivity contribution < 1.29 is 9.90 Å². The number of carbonyl (C=O) groups is 1. The van der Waals surface area contributed by atoms with Gasteiger partial charge in [-0.05, 0) is 56.3 Å². The molecule has 0 bridgehead atoms. The molecule has 156 valence electrons. The molecule has 7 nitrogen and oxygen atoms in total. The van der Waals surface area contributed by atoms with E-state index in [1.54, 1.807) is 22.6 Å². The highest BCUT2D eigenvalue weighted by Gasteiger charge is 2.40. The molecule has 9 heteroatoms. The van der Waals surface area contributed by atoms with E-state index in [0.29, 0.717) is 12.8 Å². The van der Waals surface area contributed by atoms with E-state index in [9.17, 15) is 9.90 Å². The fourth-order valence-corrected chi connectivity index (χ4v) is 5.30. The van der Waals surface area contributed by atoms with Gasteiger partial charge in [0.15, 0.2) is 6.04 Å². The molecule has 2 unspecified atom stereocenters. The predicted molar refractivity (Wildman–Crippen MR) is 117 cm³/mol. The van der Waals surface area contributed by atoms with Crippen LogP contribution in [0.1, 0.15) is 42.8 Å². The van der Waals surface area contributed by atoms with Gasteiger partial charge in [0.1, 0.15) is 12.2 Å². The first kappa shape index (κ1) is 19.4. The molecule has 2 N–H and O–H groups in total. The second-order valence-electron chi connectivity index (χ2n) is 7.81. The molecular weight excluding hydrogens is 422 g/mol. The molecular formula is C21H22ClN5O2S. The van der Waals surface area contributed by atoms with Crippen LogP contribution in [0, 0.1) is 6.92 Å². The van der Waals surface area contributed by atoms with Crippen molar-refractivity contribution in [3.8, 4) is 0 Å². The van der Waals surface area contributed by atoms with E-state index in [4.69, 9.17) is 11.6 Å². The Balaban J connectivity index is 1.40. The fourth-order valence-electron chi connectivity index (χ4n) is 4.46. The van der Waals surface area contributed by atoms with Crippen molar-refractivity contribution in [3.05, 3.63) is 56.6 Å². The molecule has 1 aromatic rings. The number of allylic oxidation sites excluding steroid dienone is 3. The normalized spacial score (nSPS) is 25.7. The zero-order chi connectivity index (χ0) is 20.8. The molecule has 30 heavy (non-hydrogen) atoms. The van der Waals surface area contributed by atoms with Crippen molar-refractivity contribution >= 4 is 40.8 Å². The van der Waals surface area contributed by atoms with Crippen molar-refractivity contribution in [1.29, 1.82) is 0 Å². The average Bonchev–Trinajstić information content (AvgIpc) is 3.31. The van der Waals surface area contributed by atoms with E-state index < -0.39 is 12.0 Å². The third kappa shape index (κ3) is 3.33. The molecule has 5 rings (SSSR count). The zero-order valence-corrected chi connectivity index (χ0v) is 18.1. The monoisotopic (exact) mass is 443 g/mol. The Morgan fingerprint density at radius 3 is 2.93 bits per heavy atom. The largest absolute Gasteiger partial charge is 0.479 e. The van der Waals surface area contributed by atoms with E-state index in [1.165, 1.54) is 5.57 Å². The van der Waals surface area contributed by atoms with Crippen molar-refractivity contribution in [3.63, 3.8) is 0 Å². The van der Waals surface area contributed by atoms with Crippen LogP contribution in [-0.2, 0) is 4.79 Å². The Kier molecular flexibility index (Phi) is 4.91. The third-order valence-electron chi connectivity index (χ3n) is 5.96. The van der Waals surface area contributed by atoms with Crippen LogP contribution in [0.3, 0.4) is 0 Å². The van der Waals surface area contributed by atoms with Crippen LogP contribution in [0.5, 0.6) is 0 Å². The van der Waals surface area contributed by atoms with Gasteiger partial charge < -0.3 is 10.4 Å². The van der Waals surface area contributed by atoms with Gasteiger partial charge in [0.25, 0.3) is 0 Å². The number of halogens is 1. The van der Waals surface area contributed by atoms with Crippen LogP contribution in [0.2, 0.25) is 0 Å². The Labute approximate surface area is 183 Å². The number of thiazole rings is 1. The van der Waals surface area contributed by atoms with Gasteiger partial charge in [-0.1, -0.05) is 17.7 Å². The summed E-state index contributed by atoms with van der Waals surface area (Å²) in [5.41, 5.74) is 3.96. The number of nitrogens with zero attached hydrogens (tertiary/aromatic N) is 4. The maximum absolute atomic E-state index is 12.2. The highest BCUT2D eigenvalue weighted by molar-refractivity contribution is 7.09. The van der Waals surface area contributed by atoms with Crippen molar-refractivity contribution in [2.24, 2.45) is 5.10 Å². The second-order valence-corrected chi connectivity index (χ2v) is 9.36. The summed E-state index contributed by atoms with van der Waals surface area (Å²) in [5, 5.41) is 23.7. The molecule has 2 atom stereocenters. The van der Waals surface area contributed by atoms with E-state index >= 15 is 0 Å². The molecule has 0 radical (unpaired) electrons. The third-order valence-corrected chi connectivity index (χ3v) is 7.03. The van der Waals surface area contributed by atoms with Gasteiger partial charge in [-0.15, -0.1) is 11.3 Å². The molecule has 0 amide bonds. The number of rotatable bonds is 3. The van der Waals surface area contributed by atoms with Gasteiger partial charge in [-0.2, -0.15) is 5.10 Å². The second kappa shape index (κ2) is 7.59. The zero-order valence-electron chi connectivity index (χ0n) is 16.5. The summed E-state index contributed by atoms with van der Waals surface area (Å²) in [4.78, 5) is 18.6. The summed E-state index contributed by atoms with van der Waals surface area (Å²) in [6.07, 6.45) is 11.5. The topological polar surface area (TPSA) is 81.1 Å². The number of hydrogen-bond acceptors (Lipinski definition) is 7. The smallest absolute Gasteiger partial charge is 0.331 e. The molecule has 2 aliphatic carbocycles. The first-order valence-corrected chi connectivity index (χ1v) is 11.3. The molecule has 2 aliphatic heterocycles. The van der Waals surface area contributed by atoms with Crippen LogP contribution >= 0.6 is 22.9 Å². The molecule has 3 heterocycles. The summed E-state index contributed by atoms with van der Waals surface area (Å²) < 4.78 is 0. The number of aromatic nitrogens is 1. The van der Waals surface area contributed by atoms with Gasteiger partial charge in [-0.3, -0.25) is 4.90 Å². The van der Waals surface area contributed by atoms with Crippen molar-refractivity contribution in [2.75, 3.05) is 0 Å². The van der Waals surface area contributed by atoms with Crippen LogP contribution in [0.15, 0.2) is 51.0 Å². The molecule has 0 fully saturated rings. The summed E-state index contributed by atoms with van der Waals surface area (Å²) in [6, 6.07) is -0.616. The van der Waals surface area contributed by atoms with E-state index in [-0.39, 0.29) is 6.04 Å². The highest BCUT2D eigenvalue weighted by Crippen LogP contribution is 2.37. The molecule has 0 saturated carbocycles. The summed E-state index contributed by atoms with van der Waals surface area (Å²) in [6.45, 7) is 2.02. The first-order chi connectivity index (χ1) is 14.5. The summed E-state index contributed by atoms with van der Waals surface area (Å²) in [7, 11) is 0. The lowest BCUT2D eigenvalue weighted by atomic mass is 9.93. The molecule has 4 aliphatic rings. The van der Waals surface area contributed by atoms with Crippen LogP contribution in [-0.4, -0.2) is 44.4 Å². The Bertz CT molecular complexity index is 1050. The van der Waals surface area contributed by atoms with Crippen molar-refractivity contribution in [2.45, 2.75) is 51.1 Å². The van der Waals surface area contributed by atoms with Crippen LogP contribution in [0.4, 0.5) is 0 Å². The molecule has 0 spiro atoms. The number of aryl methyl sites for hydroxylation is 1. The fraction of sp³-hybridized carbons (Fsp3) is 0.381. The maximum atomic E-state index is 12.2. The van der Waals surface area contributed by atoms with Crippen LogP contribution < -0.4 is 5.32 Å². The molecule has 0 saturated heterocycles. The maximum Gasteiger partial charge on any atom is 0.331 e. The lowest BCUT2D eigenvalue weighted by molar-refractivity contribution is -0.140. The Morgan fingerprint density at radius 1 is 1.37 bits per heavy atom. The molecule has 1 aromatic heterocycles. The number of carboxylic acid groups (broad SMARTS) is 1. The summed E-state index contributed by atoms with van der Waals surface area (Å²) in [5.74, 6) is -0.130. The Hall–Kier alpha value is -2.58. The number of hydrogen-bond donors (Lipinski definition) is 2. The van der Waals surface area contributed by atoms with Crippen molar-refractivity contribution in [1.82, 2.24) is 20.2 Å². The minimum Gasteiger partial charge on any atom is -0.479 e. The number of aliphatic carboxylic acids is 1. The van der Waals surface area contributed by atoms with Gasteiger partial charge in [0.2, 0.25) is 0 Å². The minimum atomic E-state index is -0.887. The van der Waals surface area contributed by atoms with Gasteiger partial charge in [-0.25, -0.2) is 14.8 Å². The standard InChI is InChI=1S/C21H22ClN5O2S/c1-12-25-18(10-30-12)13-2-5-15(6-3-13)27-19-9-23-17-8-14(22)4-7-16(17)20(21(28)29)26(19)11-24-27/h2,8-11,15,20,23H,3-7H2,1H3,(H,28,29). The lowest BCUT2D eigenvalue weighted by Gasteiger charge is -2.33. The molecule has 0 aromatic carbocycles. The lowest BCUT2D eigenvalue weighted by Crippen LogP contribution is -2.42. The number of nitrogens with one attached hydrogen (secondary N) is 1. The SMILES string of the molecule is Cc1nc(C2=CCC(N3N=CN4C3=CNC3=C(CCC(Cl)=C3)C4C(=O)O)CC2)cs1. The summed E-state index contributed by atoms with van der Waals surface area (Å²) >= 11 is 7.88. The van der Waals surface area contributed by atoms with Crippen LogP contribution in [0.25, 0.3) is 5.57 Å². The predicted octanol–water partition coefficient (Wildman–Crippen LogP) is 3.97. The van der Waals surface area contributed by atoms with Gasteiger partial charge >= 0.3 is 5.97 Å².